The molecule has 30 heavy (non-hydrogen) atoms. The highest BCUT2D eigenvalue weighted by molar-refractivity contribution is 7.90. The van der Waals surface area contributed by atoms with Crippen molar-refractivity contribution in [2.24, 2.45) is 5.92 Å². The molecule has 0 spiro atoms. The van der Waals surface area contributed by atoms with Crippen molar-refractivity contribution >= 4 is 9.84 Å². The number of sulfone groups is 1. The van der Waals surface area contributed by atoms with Gasteiger partial charge < -0.3 is 9.47 Å². The quantitative estimate of drug-likeness (QED) is 0.608. The predicted molar refractivity (Wildman–Crippen MR) is 121 cm³/mol. The number of hydrogen-bond donors (Lipinski definition) is 0. The third-order valence-electron chi connectivity index (χ3n) is 5.80. The van der Waals surface area contributed by atoms with Gasteiger partial charge in [-0.15, -0.1) is 0 Å². The summed E-state index contributed by atoms with van der Waals surface area (Å²) in [5.41, 5.74) is 1.76. The first-order valence-corrected chi connectivity index (χ1v) is 12.6. The Balaban J connectivity index is 1.79. The zero-order valence-corrected chi connectivity index (χ0v) is 19.6. The van der Waals surface area contributed by atoms with Crippen LogP contribution < -0.4 is 0 Å². The lowest BCUT2D eigenvalue weighted by Gasteiger charge is -2.35. The van der Waals surface area contributed by atoms with E-state index in [1.54, 1.807) is 6.20 Å². The van der Waals surface area contributed by atoms with Crippen molar-refractivity contribution in [1.29, 1.82) is 0 Å². The number of piperidine rings is 1. The third kappa shape index (κ3) is 5.93. The monoisotopic (exact) mass is 432 g/mol. The van der Waals surface area contributed by atoms with Crippen LogP contribution >= 0.6 is 0 Å². The summed E-state index contributed by atoms with van der Waals surface area (Å²) in [6.07, 6.45) is 5.54. The van der Waals surface area contributed by atoms with Crippen molar-refractivity contribution in [2.45, 2.75) is 63.2 Å². The molecule has 3 rings (SSSR count). The van der Waals surface area contributed by atoms with Crippen LogP contribution in [-0.2, 0) is 28.7 Å². The van der Waals surface area contributed by atoms with Crippen LogP contribution in [0, 0.1) is 5.92 Å². The first kappa shape index (κ1) is 23.0. The second kappa shape index (κ2) is 10.1. The topological polar surface area (TPSA) is 58.4 Å². The number of likely N-dealkylation sites (N-methyl/N-ethyl adjacent to an activating group) is 2. The van der Waals surface area contributed by atoms with E-state index in [4.69, 9.17) is 0 Å². The van der Waals surface area contributed by atoms with Crippen LogP contribution in [0.15, 0.2) is 41.7 Å². The molecule has 1 atom stereocenters. The average molecular weight is 433 g/mol. The minimum Gasteiger partial charge on any atom is -0.317 e. The molecule has 0 aliphatic carbocycles. The van der Waals surface area contributed by atoms with E-state index >= 15 is 0 Å². The van der Waals surface area contributed by atoms with Crippen molar-refractivity contribution in [1.82, 2.24) is 19.4 Å². The summed E-state index contributed by atoms with van der Waals surface area (Å²) >= 11 is 0. The second-order valence-corrected chi connectivity index (χ2v) is 11.0. The standard InChI is InChI=1S/C23H36N4O2S/c1-19(2)15-27-22(17-25(3)16-21-12-8-9-13-26(21)4)14-24-23(27)30(28,29)18-20-10-6-5-7-11-20/h5-7,10-11,14,19,21H,8-9,12-13,15-18H2,1-4H3/t21-/m0/s1. The highest BCUT2D eigenvalue weighted by Gasteiger charge is 2.26. The molecular weight excluding hydrogens is 396 g/mol. The van der Waals surface area contributed by atoms with Crippen molar-refractivity contribution < 1.29 is 8.42 Å². The zero-order valence-electron chi connectivity index (χ0n) is 18.8. The van der Waals surface area contributed by atoms with Crippen molar-refractivity contribution in [3.63, 3.8) is 0 Å². The summed E-state index contributed by atoms with van der Waals surface area (Å²) in [6.45, 7) is 7.71. The largest absolute Gasteiger partial charge is 0.317 e. The first-order valence-electron chi connectivity index (χ1n) is 11.0. The van der Waals surface area contributed by atoms with E-state index in [0.29, 0.717) is 25.0 Å². The van der Waals surface area contributed by atoms with E-state index < -0.39 is 9.84 Å². The molecule has 1 fully saturated rings. The van der Waals surface area contributed by atoms with Crippen LogP contribution in [0.25, 0.3) is 0 Å². The summed E-state index contributed by atoms with van der Waals surface area (Å²) in [7, 11) is 0.806. The van der Waals surface area contributed by atoms with E-state index in [1.165, 1.54) is 19.3 Å². The van der Waals surface area contributed by atoms with Crippen LogP contribution in [0.5, 0.6) is 0 Å². The van der Waals surface area contributed by atoms with Gasteiger partial charge in [-0.05, 0) is 45.0 Å². The summed E-state index contributed by atoms with van der Waals surface area (Å²) < 4.78 is 28.2. The second-order valence-electron chi connectivity index (χ2n) is 9.11. The van der Waals surface area contributed by atoms with Gasteiger partial charge in [0.2, 0.25) is 15.0 Å². The molecule has 0 N–H and O–H groups in total. The molecule has 0 bridgehead atoms. The summed E-state index contributed by atoms with van der Waals surface area (Å²) in [6, 6.07) is 9.90. The van der Waals surface area contributed by atoms with Crippen molar-refractivity contribution in [3.8, 4) is 0 Å². The molecule has 1 aromatic carbocycles. The summed E-state index contributed by atoms with van der Waals surface area (Å²) in [4.78, 5) is 9.13. The number of rotatable bonds is 9. The van der Waals surface area contributed by atoms with E-state index in [9.17, 15) is 8.42 Å². The number of nitrogens with zero attached hydrogens (tertiary/aromatic N) is 4. The van der Waals surface area contributed by atoms with Gasteiger partial charge in [-0.2, -0.15) is 0 Å². The normalized spacial score (nSPS) is 18.4. The lowest BCUT2D eigenvalue weighted by Crippen LogP contribution is -2.43. The Morgan fingerprint density at radius 3 is 2.60 bits per heavy atom. The minimum atomic E-state index is -3.52. The molecule has 0 unspecified atom stereocenters. The van der Waals surface area contributed by atoms with Gasteiger partial charge in [0.05, 0.1) is 17.6 Å². The maximum atomic E-state index is 13.2. The lowest BCUT2D eigenvalue weighted by molar-refractivity contribution is 0.137. The molecule has 2 heterocycles. The molecule has 7 heteroatoms. The molecule has 6 nitrogen and oxygen atoms in total. The van der Waals surface area contributed by atoms with Crippen LogP contribution in [-0.4, -0.2) is 61.0 Å². The average Bonchev–Trinajstić information content (AvgIpc) is 3.06. The lowest BCUT2D eigenvalue weighted by atomic mass is 10.0. The van der Waals surface area contributed by atoms with E-state index in [-0.39, 0.29) is 10.9 Å². The maximum Gasteiger partial charge on any atom is 0.228 e. The molecule has 0 saturated carbocycles. The Labute approximate surface area is 181 Å². The van der Waals surface area contributed by atoms with E-state index in [0.717, 1.165) is 24.3 Å². The SMILES string of the molecule is CC(C)Cn1c(CN(C)C[C@@H]2CCCCN2C)cnc1S(=O)(=O)Cc1ccccc1. The van der Waals surface area contributed by atoms with Crippen LogP contribution in [0.1, 0.15) is 44.4 Å². The number of benzene rings is 1. The van der Waals surface area contributed by atoms with E-state index in [1.807, 2.05) is 34.9 Å². The molecule has 0 amide bonds. The number of hydrogen-bond acceptors (Lipinski definition) is 5. The molecule has 1 aromatic heterocycles. The van der Waals surface area contributed by atoms with Crippen LogP contribution in [0.3, 0.4) is 0 Å². The molecule has 1 aliphatic heterocycles. The van der Waals surface area contributed by atoms with Gasteiger partial charge in [0.1, 0.15) is 0 Å². The van der Waals surface area contributed by atoms with Gasteiger partial charge in [0.25, 0.3) is 0 Å². The minimum absolute atomic E-state index is 0.0227. The summed E-state index contributed by atoms with van der Waals surface area (Å²) in [5.74, 6) is 0.309. The Morgan fingerprint density at radius 2 is 1.93 bits per heavy atom. The Bertz CT molecular complexity index is 909. The molecule has 2 aromatic rings. The highest BCUT2D eigenvalue weighted by Crippen LogP contribution is 2.21. The predicted octanol–water partition coefficient (Wildman–Crippen LogP) is 3.43. The number of imidazole rings is 1. The fourth-order valence-corrected chi connectivity index (χ4v) is 5.76. The Hall–Kier alpha value is -1.70. The third-order valence-corrected chi connectivity index (χ3v) is 7.40. The van der Waals surface area contributed by atoms with Crippen molar-refractivity contribution in [2.75, 3.05) is 27.2 Å². The summed E-state index contributed by atoms with van der Waals surface area (Å²) in [5, 5.41) is 0.193. The van der Waals surface area contributed by atoms with Gasteiger partial charge in [0, 0.05) is 25.7 Å². The smallest absolute Gasteiger partial charge is 0.228 e. The van der Waals surface area contributed by atoms with Gasteiger partial charge in [0.15, 0.2) is 0 Å². The van der Waals surface area contributed by atoms with E-state index in [2.05, 4.69) is 42.7 Å². The van der Waals surface area contributed by atoms with Gasteiger partial charge in [-0.1, -0.05) is 50.6 Å². The van der Waals surface area contributed by atoms with Gasteiger partial charge in [-0.25, -0.2) is 13.4 Å². The fourth-order valence-electron chi connectivity index (χ4n) is 4.26. The first-order chi connectivity index (χ1) is 14.3. The maximum absolute atomic E-state index is 13.2. The number of likely N-dealkylation sites (tertiary alicyclic amines) is 1. The Morgan fingerprint density at radius 1 is 1.20 bits per heavy atom. The fraction of sp³-hybridized carbons (Fsp3) is 0.609. The molecule has 166 valence electrons. The van der Waals surface area contributed by atoms with Crippen LogP contribution in [0.4, 0.5) is 0 Å². The van der Waals surface area contributed by atoms with Gasteiger partial charge in [-0.3, -0.25) is 4.90 Å². The molecule has 1 aliphatic rings. The zero-order chi connectivity index (χ0) is 21.7. The highest BCUT2D eigenvalue weighted by atomic mass is 32.2. The molecule has 1 saturated heterocycles. The van der Waals surface area contributed by atoms with Gasteiger partial charge >= 0.3 is 0 Å². The molecule has 0 radical (unpaired) electrons. The number of aromatic nitrogens is 2. The molecular formula is C23H36N4O2S. The van der Waals surface area contributed by atoms with Crippen LogP contribution in [0.2, 0.25) is 0 Å². The van der Waals surface area contributed by atoms with Crippen molar-refractivity contribution in [3.05, 3.63) is 47.8 Å². The Kier molecular flexibility index (Phi) is 7.71.